The second-order valence-corrected chi connectivity index (χ2v) is 7.55. The van der Waals surface area contributed by atoms with Crippen LogP contribution in [0.3, 0.4) is 0 Å². The fourth-order valence-corrected chi connectivity index (χ4v) is 3.91. The van der Waals surface area contributed by atoms with E-state index in [1.807, 2.05) is 0 Å². The number of carbonyl (C=O) groups excluding carboxylic acids is 3. The molecule has 3 rings (SSSR count). The maximum Gasteiger partial charge on any atom is 0.338 e. The standard InChI is InChI=1S/C22H24F2O5/c1-2-3-11-22(23,24)19(25)10-9-15-16-12-20(26)28-18(16)13-17(15)29-21(27)14-7-5-4-6-8-14/h4-10,15-18H,2-3,11-13H2,1H3/t15-,16-,17-,18+/m1/s1. The van der Waals surface area contributed by atoms with Gasteiger partial charge in [0, 0.05) is 24.7 Å². The fourth-order valence-electron chi connectivity index (χ4n) is 3.91. The number of alkyl halides is 2. The molecule has 1 aromatic rings. The number of ketones is 1. The van der Waals surface area contributed by atoms with Gasteiger partial charge in [0.2, 0.25) is 5.78 Å². The molecule has 1 aliphatic heterocycles. The summed E-state index contributed by atoms with van der Waals surface area (Å²) in [7, 11) is 0. The highest BCUT2D eigenvalue weighted by Gasteiger charge is 2.51. The first-order chi connectivity index (χ1) is 13.8. The Balaban J connectivity index is 1.74. The highest BCUT2D eigenvalue weighted by Crippen LogP contribution is 2.43. The lowest BCUT2D eigenvalue weighted by Gasteiger charge is -2.20. The molecule has 4 atom stereocenters. The van der Waals surface area contributed by atoms with Crippen molar-refractivity contribution in [2.75, 3.05) is 0 Å². The lowest BCUT2D eigenvalue weighted by molar-refractivity contribution is -0.142. The van der Waals surface area contributed by atoms with Crippen molar-refractivity contribution in [1.29, 1.82) is 0 Å². The largest absolute Gasteiger partial charge is 0.462 e. The molecule has 0 aromatic heterocycles. The zero-order valence-corrected chi connectivity index (χ0v) is 16.2. The molecule has 1 saturated carbocycles. The number of rotatable bonds is 8. The molecular weight excluding hydrogens is 382 g/mol. The van der Waals surface area contributed by atoms with E-state index in [4.69, 9.17) is 9.47 Å². The van der Waals surface area contributed by atoms with Crippen LogP contribution in [0.4, 0.5) is 8.78 Å². The van der Waals surface area contributed by atoms with E-state index in [9.17, 15) is 23.2 Å². The Kier molecular flexibility index (Phi) is 6.45. The number of carbonyl (C=O) groups is 3. The fraction of sp³-hybridized carbons (Fsp3) is 0.500. The van der Waals surface area contributed by atoms with Crippen molar-refractivity contribution >= 4 is 17.7 Å². The molecule has 2 aliphatic rings. The molecule has 0 N–H and O–H groups in total. The molecule has 5 nitrogen and oxygen atoms in total. The van der Waals surface area contributed by atoms with Crippen LogP contribution >= 0.6 is 0 Å². The number of benzene rings is 1. The van der Waals surface area contributed by atoms with Gasteiger partial charge < -0.3 is 9.47 Å². The molecule has 0 amide bonds. The maximum atomic E-state index is 14.0. The summed E-state index contributed by atoms with van der Waals surface area (Å²) in [5.74, 6) is -6.45. The SMILES string of the molecule is CCCCC(F)(F)C(=O)C=C[C@@H]1[C@H]2CC(=O)O[C@H]2C[C@H]1OC(=O)c1ccccc1. The Labute approximate surface area is 168 Å². The minimum atomic E-state index is -3.43. The number of halogens is 2. The number of allylic oxidation sites excluding steroid dienone is 1. The Hall–Kier alpha value is -2.57. The third kappa shape index (κ3) is 4.89. The van der Waals surface area contributed by atoms with Crippen LogP contribution in [-0.2, 0) is 19.1 Å². The molecule has 2 fully saturated rings. The molecule has 0 bridgehead atoms. The van der Waals surface area contributed by atoms with Gasteiger partial charge in [-0.15, -0.1) is 0 Å². The van der Waals surface area contributed by atoms with E-state index < -0.39 is 42.2 Å². The summed E-state index contributed by atoms with van der Waals surface area (Å²) in [6, 6.07) is 8.40. The van der Waals surface area contributed by atoms with Gasteiger partial charge in [0.15, 0.2) is 0 Å². The lowest BCUT2D eigenvalue weighted by Crippen LogP contribution is -2.28. The van der Waals surface area contributed by atoms with Gasteiger partial charge in [-0.1, -0.05) is 37.6 Å². The van der Waals surface area contributed by atoms with Gasteiger partial charge in [-0.2, -0.15) is 8.78 Å². The predicted molar refractivity (Wildman–Crippen MR) is 100 cm³/mol. The van der Waals surface area contributed by atoms with Crippen LogP contribution in [0.1, 0.15) is 49.4 Å². The smallest absolute Gasteiger partial charge is 0.338 e. The van der Waals surface area contributed by atoms with E-state index in [1.54, 1.807) is 37.3 Å². The molecule has 1 saturated heterocycles. The molecule has 7 heteroatoms. The number of unbranched alkanes of at least 4 members (excludes halogenated alkanes) is 1. The summed E-state index contributed by atoms with van der Waals surface area (Å²) < 4.78 is 38.8. The number of hydrogen-bond donors (Lipinski definition) is 0. The van der Waals surface area contributed by atoms with Crippen LogP contribution in [0.25, 0.3) is 0 Å². The van der Waals surface area contributed by atoms with Crippen molar-refractivity contribution < 1.29 is 32.6 Å². The normalized spacial score (nSPS) is 26.4. The second kappa shape index (κ2) is 8.84. The summed E-state index contributed by atoms with van der Waals surface area (Å²) in [6.45, 7) is 1.78. The summed E-state index contributed by atoms with van der Waals surface area (Å²) in [5.41, 5.74) is 0.367. The monoisotopic (exact) mass is 406 g/mol. The van der Waals surface area contributed by atoms with Crippen LogP contribution in [0.5, 0.6) is 0 Å². The molecule has 0 unspecified atom stereocenters. The third-order valence-corrected chi connectivity index (χ3v) is 5.49. The first-order valence-electron chi connectivity index (χ1n) is 9.87. The van der Waals surface area contributed by atoms with E-state index >= 15 is 0 Å². The van der Waals surface area contributed by atoms with E-state index in [0.717, 1.165) is 6.08 Å². The van der Waals surface area contributed by atoms with Crippen LogP contribution < -0.4 is 0 Å². The third-order valence-electron chi connectivity index (χ3n) is 5.49. The molecule has 156 valence electrons. The minimum absolute atomic E-state index is 0.111. The van der Waals surface area contributed by atoms with Crippen LogP contribution in [0.15, 0.2) is 42.5 Å². The Bertz CT molecular complexity index is 790. The zero-order valence-electron chi connectivity index (χ0n) is 16.2. The van der Waals surface area contributed by atoms with Gasteiger partial charge in [0.25, 0.3) is 0 Å². The lowest BCUT2D eigenvalue weighted by atomic mass is 9.91. The summed E-state index contributed by atoms with van der Waals surface area (Å²) in [4.78, 5) is 36.0. The van der Waals surface area contributed by atoms with E-state index in [1.165, 1.54) is 6.08 Å². The van der Waals surface area contributed by atoms with Gasteiger partial charge in [-0.05, 0) is 24.6 Å². The van der Waals surface area contributed by atoms with Crippen molar-refractivity contribution in [3.63, 3.8) is 0 Å². The Morgan fingerprint density at radius 1 is 1.28 bits per heavy atom. The van der Waals surface area contributed by atoms with Crippen molar-refractivity contribution in [3.8, 4) is 0 Å². The van der Waals surface area contributed by atoms with Gasteiger partial charge in [0.1, 0.15) is 12.2 Å². The van der Waals surface area contributed by atoms with Gasteiger partial charge in [-0.3, -0.25) is 9.59 Å². The van der Waals surface area contributed by atoms with Crippen molar-refractivity contribution in [1.82, 2.24) is 0 Å². The molecule has 1 aromatic carbocycles. The minimum Gasteiger partial charge on any atom is -0.462 e. The van der Waals surface area contributed by atoms with E-state index in [2.05, 4.69) is 0 Å². The number of fused-ring (bicyclic) bond motifs is 1. The quantitative estimate of drug-likeness (QED) is 0.480. The highest BCUT2D eigenvalue weighted by molar-refractivity contribution is 5.95. The zero-order chi connectivity index (χ0) is 21.0. The second-order valence-electron chi connectivity index (χ2n) is 7.55. The van der Waals surface area contributed by atoms with Crippen LogP contribution in [0, 0.1) is 11.8 Å². The summed E-state index contributed by atoms with van der Waals surface area (Å²) >= 11 is 0. The van der Waals surface area contributed by atoms with Crippen molar-refractivity contribution in [2.45, 2.75) is 57.2 Å². The predicted octanol–water partition coefficient (Wildman–Crippen LogP) is 4.11. The maximum absolute atomic E-state index is 14.0. The summed E-state index contributed by atoms with van der Waals surface area (Å²) in [5, 5.41) is 0. The first-order valence-corrected chi connectivity index (χ1v) is 9.87. The number of hydrogen-bond acceptors (Lipinski definition) is 5. The van der Waals surface area contributed by atoms with Gasteiger partial charge in [-0.25, -0.2) is 4.79 Å². The van der Waals surface area contributed by atoms with Crippen molar-refractivity contribution in [2.24, 2.45) is 11.8 Å². The van der Waals surface area contributed by atoms with Crippen LogP contribution in [-0.4, -0.2) is 35.9 Å². The summed E-state index contributed by atoms with van der Waals surface area (Å²) in [6.07, 6.45) is 1.84. The topological polar surface area (TPSA) is 69.7 Å². The Morgan fingerprint density at radius 3 is 2.69 bits per heavy atom. The van der Waals surface area contributed by atoms with E-state index in [0.29, 0.717) is 12.0 Å². The molecule has 1 heterocycles. The van der Waals surface area contributed by atoms with Gasteiger partial charge >= 0.3 is 17.9 Å². The molecular formula is C22H24F2O5. The molecule has 1 aliphatic carbocycles. The van der Waals surface area contributed by atoms with Crippen molar-refractivity contribution in [3.05, 3.63) is 48.0 Å². The highest BCUT2D eigenvalue weighted by atomic mass is 19.3. The first kappa shape index (κ1) is 21.1. The average molecular weight is 406 g/mol. The molecule has 29 heavy (non-hydrogen) atoms. The van der Waals surface area contributed by atoms with E-state index in [-0.39, 0.29) is 31.1 Å². The number of esters is 2. The van der Waals surface area contributed by atoms with Crippen LogP contribution in [0.2, 0.25) is 0 Å². The van der Waals surface area contributed by atoms with Gasteiger partial charge in [0.05, 0.1) is 12.0 Å². The average Bonchev–Trinajstić information content (AvgIpc) is 3.20. The molecule has 0 spiro atoms. The number of ether oxygens (including phenoxy) is 2. The molecule has 0 radical (unpaired) electrons. The Morgan fingerprint density at radius 2 is 2.00 bits per heavy atom.